The van der Waals surface area contributed by atoms with Crippen LogP contribution in [0.15, 0.2) is 30.9 Å². The molecule has 2 amide bonds. The Morgan fingerprint density at radius 3 is 2.69 bits per heavy atom. The molecule has 9 nitrogen and oxygen atoms in total. The third-order valence-electron chi connectivity index (χ3n) is 4.40. The Morgan fingerprint density at radius 2 is 2.03 bits per heavy atom. The highest BCUT2D eigenvalue weighted by atomic mass is 16.6. The Bertz CT molecular complexity index is 882. The van der Waals surface area contributed by atoms with Crippen molar-refractivity contribution < 1.29 is 14.3 Å². The summed E-state index contributed by atoms with van der Waals surface area (Å²) in [6.45, 7) is 6.58. The van der Waals surface area contributed by atoms with E-state index in [0.29, 0.717) is 30.8 Å². The van der Waals surface area contributed by atoms with Crippen LogP contribution in [0.4, 0.5) is 10.5 Å². The van der Waals surface area contributed by atoms with Crippen molar-refractivity contribution >= 4 is 17.7 Å². The van der Waals surface area contributed by atoms with E-state index in [2.05, 4.69) is 20.3 Å². The van der Waals surface area contributed by atoms with Gasteiger partial charge in [-0.05, 0) is 33.3 Å². The van der Waals surface area contributed by atoms with Crippen molar-refractivity contribution in [3.63, 3.8) is 0 Å². The van der Waals surface area contributed by atoms with Crippen molar-refractivity contribution in [2.45, 2.75) is 45.3 Å². The smallest absolute Gasteiger partial charge is 0.410 e. The predicted octanol–water partition coefficient (Wildman–Crippen LogP) is 1.98. The zero-order valence-electron chi connectivity index (χ0n) is 16.9. The third-order valence-corrected chi connectivity index (χ3v) is 4.40. The van der Waals surface area contributed by atoms with Gasteiger partial charge in [0.2, 0.25) is 0 Å². The van der Waals surface area contributed by atoms with Crippen LogP contribution in [0.5, 0.6) is 0 Å². The minimum Gasteiger partial charge on any atom is -0.444 e. The standard InChI is InChI=1S/C20H26N6O3/c1-20(2,3)29-19(28)26-7-4-13(12-26)25-17-9-14(24-11-16(17)18(21)27)8-15-10-22-5-6-23-15/h5-6,9-11,13H,4,7-8,12H2,1-3H3,(H2,21,27)(H,24,25)/t13-/m0/s1. The Morgan fingerprint density at radius 1 is 1.24 bits per heavy atom. The van der Waals surface area contributed by atoms with Crippen molar-refractivity contribution in [3.8, 4) is 0 Å². The van der Waals surface area contributed by atoms with Crippen LogP contribution in [-0.4, -0.2) is 56.6 Å². The molecule has 29 heavy (non-hydrogen) atoms. The average Bonchev–Trinajstić information content (AvgIpc) is 3.10. The van der Waals surface area contributed by atoms with Gasteiger partial charge in [0.1, 0.15) is 5.60 Å². The molecule has 0 unspecified atom stereocenters. The molecule has 9 heteroatoms. The SMILES string of the molecule is CC(C)(C)OC(=O)N1CC[C@H](Nc2cc(Cc3cnccn3)ncc2C(N)=O)C1. The lowest BCUT2D eigenvalue weighted by Gasteiger charge is -2.24. The van der Waals surface area contributed by atoms with Gasteiger partial charge < -0.3 is 20.7 Å². The summed E-state index contributed by atoms with van der Waals surface area (Å²) in [5, 5.41) is 3.34. The summed E-state index contributed by atoms with van der Waals surface area (Å²) in [6.07, 6.45) is 7.25. The number of rotatable bonds is 5. The molecule has 154 valence electrons. The van der Waals surface area contributed by atoms with E-state index in [4.69, 9.17) is 10.5 Å². The van der Waals surface area contributed by atoms with E-state index in [1.54, 1.807) is 29.6 Å². The summed E-state index contributed by atoms with van der Waals surface area (Å²) in [4.78, 5) is 38.4. The van der Waals surface area contributed by atoms with E-state index in [1.807, 2.05) is 20.8 Å². The number of likely N-dealkylation sites (tertiary alicyclic amines) is 1. The molecule has 2 aromatic heterocycles. The van der Waals surface area contributed by atoms with Crippen LogP contribution >= 0.6 is 0 Å². The number of aromatic nitrogens is 3. The van der Waals surface area contributed by atoms with Crippen LogP contribution in [-0.2, 0) is 11.2 Å². The lowest BCUT2D eigenvalue weighted by molar-refractivity contribution is 0.0293. The molecule has 0 aliphatic carbocycles. The minimum atomic E-state index is -0.562. The molecule has 0 saturated carbocycles. The molecule has 0 aromatic carbocycles. The lowest BCUT2D eigenvalue weighted by Crippen LogP contribution is -2.36. The van der Waals surface area contributed by atoms with Gasteiger partial charge in [0, 0.05) is 56.0 Å². The molecule has 1 aliphatic heterocycles. The monoisotopic (exact) mass is 398 g/mol. The van der Waals surface area contributed by atoms with E-state index in [9.17, 15) is 9.59 Å². The summed E-state index contributed by atoms with van der Waals surface area (Å²) in [6, 6.07) is 1.78. The third kappa shape index (κ3) is 5.63. The molecule has 1 aliphatic rings. The molecule has 2 aromatic rings. The van der Waals surface area contributed by atoms with Gasteiger partial charge in [-0.15, -0.1) is 0 Å². The molecule has 1 atom stereocenters. The van der Waals surface area contributed by atoms with E-state index >= 15 is 0 Å². The van der Waals surface area contributed by atoms with Crippen LogP contribution in [0.2, 0.25) is 0 Å². The summed E-state index contributed by atoms with van der Waals surface area (Å²) < 4.78 is 5.43. The van der Waals surface area contributed by atoms with E-state index in [1.165, 1.54) is 6.20 Å². The van der Waals surface area contributed by atoms with Gasteiger partial charge in [-0.3, -0.25) is 19.7 Å². The molecular formula is C20H26N6O3. The molecule has 1 fully saturated rings. The zero-order valence-corrected chi connectivity index (χ0v) is 16.9. The Balaban J connectivity index is 1.71. The quantitative estimate of drug-likeness (QED) is 0.789. The van der Waals surface area contributed by atoms with E-state index < -0.39 is 11.5 Å². The predicted molar refractivity (Wildman–Crippen MR) is 107 cm³/mol. The first-order valence-electron chi connectivity index (χ1n) is 9.49. The molecular weight excluding hydrogens is 372 g/mol. The van der Waals surface area contributed by atoms with Gasteiger partial charge in [0.05, 0.1) is 16.9 Å². The summed E-state index contributed by atoms with van der Waals surface area (Å²) in [5.74, 6) is -0.562. The first-order valence-corrected chi connectivity index (χ1v) is 9.49. The molecule has 3 rings (SSSR count). The maximum Gasteiger partial charge on any atom is 0.410 e. The van der Waals surface area contributed by atoms with Gasteiger partial charge >= 0.3 is 6.09 Å². The number of amides is 2. The molecule has 3 N–H and O–H groups in total. The van der Waals surface area contributed by atoms with Gasteiger partial charge in [-0.2, -0.15) is 0 Å². The molecule has 1 saturated heterocycles. The largest absolute Gasteiger partial charge is 0.444 e. The van der Waals surface area contributed by atoms with Crippen molar-refractivity contribution in [2.24, 2.45) is 5.73 Å². The molecule has 3 heterocycles. The number of carbonyl (C=O) groups excluding carboxylic acids is 2. The molecule has 0 spiro atoms. The second-order valence-electron chi connectivity index (χ2n) is 8.02. The number of anilines is 1. The number of carbonyl (C=O) groups is 2. The number of nitrogens with two attached hydrogens (primary N) is 1. The normalized spacial score (nSPS) is 16.5. The maximum absolute atomic E-state index is 12.3. The summed E-state index contributed by atoms with van der Waals surface area (Å²) >= 11 is 0. The summed E-state index contributed by atoms with van der Waals surface area (Å²) in [5.41, 5.74) is 7.39. The van der Waals surface area contributed by atoms with Crippen LogP contribution in [0.25, 0.3) is 0 Å². The first kappa shape index (κ1) is 20.5. The highest BCUT2D eigenvalue weighted by molar-refractivity contribution is 5.98. The van der Waals surface area contributed by atoms with Crippen LogP contribution in [0, 0.1) is 0 Å². The van der Waals surface area contributed by atoms with Gasteiger partial charge in [0.25, 0.3) is 5.91 Å². The van der Waals surface area contributed by atoms with Gasteiger partial charge in [0.15, 0.2) is 0 Å². The van der Waals surface area contributed by atoms with Crippen LogP contribution < -0.4 is 11.1 Å². The maximum atomic E-state index is 12.3. The Hall–Kier alpha value is -3.23. The van der Waals surface area contributed by atoms with E-state index in [0.717, 1.165) is 17.8 Å². The number of ether oxygens (including phenoxy) is 1. The van der Waals surface area contributed by atoms with Crippen molar-refractivity contribution in [3.05, 3.63) is 47.8 Å². The number of primary amides is 1. The molecule has 0 radical (unpaired) electrons. The van der Waals surface area contributed by atoms with Gasteiger partial charge in [-0.25, -0.2) is 4.79 Å². The zero-order chi connectivity index (χ0) is 21.0. The van der Waals surface area contributed by atoms with Crippen molar-refractivity contribution in [2.75, 3.05) is 18.4 Å². The number of hydrogen-bond acceptors (Lipinski definition) is 7. The summed E-state index contributed by atoms with van der Waals surface area (Å²) in [7, 11) is 0. The fourth-order valence-corrected chi connectivity index (χ4v) is 3.11. The second kappa shape index (κ2) is 8.42. The Kier molecular flexibility index (Phi) is 5.95. The average molecular weight is 398 g/mol. The number of pyridine rings is 1. The lowest BCUT2D eigenvalue weighted by atomic mass is 10.1. The molecule has 0 bridgehead atoms. The fourth-order valence-electron chi connectivity index (χ4n) is 3.11. The highest BCUT2D eigenvalue weighted by Crippen LogP contribution is 2.22. The Labute approximate surface area is 169 Å². The highest BCUT2D eigenvalue weighted by Gasteiger charge is 2.30. The first-order chi connectivity index (χ1) is 13.7. The number of nitrogens with one attached hydrogen (secondary N) is 1. The second-order valence-corrected chi connectivity index (χ2v) is 8.02. The fraction of sp³-hybridized carbons (Fsp3) is 0.450. The van der Waals surface area contributed by atoms with Crippen molar-refractivity contribution in [1.29, 1.82) is 0 Å². The van der Waals surface area contributed by atoms with Crippen molar-refractivity contribution in [1.82, 2.24) is 19.9 Å². The number of hydrogen-bond donors (Lipinski definition) is 2. The topological polar surface area (TPSA) is 123 Å². The van der Waals surface area contributed by atoms with Gasteiger partial charge in [-0.1, -0.05) is 0 Å². The van der Waals surface area contributed by atoms with Crippen LogP contribution in [0.1, 0.15) is 48.9 Å². The van der Waals surface area contributed by atoms with E-state index in [-0.39, 0.29) is 12.1 Å². The number of nitrogens with zero attached hydrogens (tertiary/aromatic N) is 4. The van der Waals surface area contributed by atoms with Crippen LogP contribution in [0.3, 0.4) is 0 Å². The minimum absolute atomic E-state index is 0.0209.